The zero-order valence-electron chi connectivity index (χ0n) is 14.5. The molecule has 2 unspecified atom stereocenters. The average molecular weight is 363 g/mol. The van der Waals surface area contributed by atoms with Gasteiger partial charge in [0.05, 0.1) is 4.90 Å². The second-order valence-electron chi connectivity index (χ2n) is 7.55. The number of fused-ring (bicyclic) bond motifs is 2. The molecule has 3 fully saturated rings. The second kappa shape index (κ2) is 6.37. The fourth-order valence-electron chi connectivity index (χ4n) is 3.79. The quantitative estimate of drug-likeness (QED) is 0.848. The van der Waals surface area contributed by atoms with E-state index in [2.05, 4.69) is 10.0 Å². The smallest absolute Gasteiger partial charge is 0.254 e. The number of nitrogens with zero attached hydrogens (tertiary/aromatic N) is 1. The summed E-state index contributed by atoms with van der Waals surface area (Å²) in [4.78, 5) is 15.1. The van der Waals surface area contributed by atoms with E-state index in [1.54, 1.807) is 18.2 Å². The van der Waals surface area contributed by atoms with Crippen molar-refractivity contribution in [2.45, 2.75) is 62.0 Å². The Balaban J connectivity index is 1.58. The van der Waals surface area contributed by atoms with Crippen molar-refractivity contribution >= 4 is 15.9 Å². The molecule has 4 rings (SSSR count). The number of carbonyl (C=O) groups excluding carboxylic acids is 1. The summed E-state index contributed by atoms with van der Waals surface area (Å²) < 4.78 is 27.6. The van der Waals surface area contributed by atoms with Crippen LogP contribution in [0.15, 0.2) is 23.1 Å². The van der Waals surface area contributed by atoms with E-state index in [0.29, 0.717) is 24.2 Å². The fourth-order valence-corrected chi connectivity index (χ4v) is 5.12. The van der Waals surface area contributed by atoms with Gasteiger partial charge >= 0.3 is 0 Å². The van der Waals surface area contributed by atoms with Crippen molar-refractivity contribution in [1.82, 2.24) is 14.9 Å². The van der Waals surface area contributed by atoms with Gasteiger partial charge in [0.25, 0.3) is 5.91 Å². The van der Waals surface area contributed by atoms with Crippen LogP contribution >= 0.6 is 0 Å². The minimum absolute atomic E-state index is 0.0534. The maximum absolute atomic E-state index is 13.0. The Labute approximate surface area is 149 Å². The Morgan fingerprint density at radius 2 is 1.92 bits per heavy atom. The Morgan fingerprint density at radius 1 is 1.16 bits per heavy atom. The van der Waals surface area contributed by atoms with Crippen molar-refractivity contribution in [3.05, 3.63) is 29.3 Å². The van der Waals surface area contributed by atoms with E-state index >= 15 is 0 Å². The zero-order chi connectivity index (χ0) is 17.6. The summed E-state index contributed by atoms with van der Waals surface area (Å²) in [7, 11) is -3.55. The summed E-state index contributed by atoms with van der Waals surface area (Å²) >= 11 is 0. The highest BCUT2D eigenvalue weighted by Crippen LogP contribution is 2.25. The third-order valence-corrected chi connectivity index (χ3v) is 6.98. The van der Waals surface area contributed by atoms with Gasteiger partial charge in [0.15, 0.2) is 0 Å². The van der Waals surface area contributed by atoms with Gasteiger partial charge in [-0.25, -0.2) is 13.1 Å². The van der Waals surface area contributed by atoms with E-state index in [9.17, 15) is 13.2 Å². The molecule has 136 valence electrons. The lowest BCUT2D eigenvalue weighted by Crippen LogP contribution is -2.39. The molecule has 6 nitrogen and oxygen atoms in total. The topological polar surface area (TPSA) is 78.5 Å². The molecule has 2 N–H and O–H groups in total. The summed E-state index contributed by atoms with van der Waals surface area (Å²) in [6.07, 6.45) is 5.03. The highest BCUT2D eigenvalue weighted by atomic mass is 32.2. The number of likely N-dealkylation sites (tertiary alicyclic amines) is 1. The number of nitrogens with one attached hydrogen (secondary N) is 2. The molecule has 2 heterocycles. The molecule has 2 atom stereocenters. The Kier molecular flexibility index (Phi) is 4.33. The molecule has 25 heavy (non-hydrogen) atoms. The molecular weight excluding hydrogens is 338 g/mol. The number of carbonyl (C=O) groups is 1. The molecule has 1 aromatic rings. The van der Waals surface area contributed by atoms with E-state index in [1.165, 1.54) is 6.42 Å². The van der Waals surface area contributed by atoms with Crippen LogP contribution in [-0.2, 0) is 10.0 Å². The van der Waals surface area contributed by atoms with E-state index in [0.717, 1.165) is 37.8 Å². The van der Waals surface area contributed by atoms with E-state index in [4.69, 9.17) is 0 Å². The standard InChI is InChI=1S/C18H25N3O3S/c1-12-2-7-16(25(23,24)20-14-4-5-14)10-17(12)18(22)21-9-8-13-3-6-15(11-21)19-13/h2,7,10,13-15,19-20H,3-6,8-9,11H2,1H3. The van der Waals surface area contributed by atoms with Crippen molar-refractivity contribution in [1.29, 1.82) is 0 Å². The Morgan fingerprint density at radius 3 is 2.68 bits per heavy atom. The average Bonchev–Trinajstić information content (AvgIpc) is 3.28. The predicted molar refractivity (Wildman–Crippen MR) is 95.0 cm³/mol. The third kappa shape index (κ3) is 3.59. The van der Waals surface area contributed by atoms with Gasteiger partial charge < -0.3 is 10.2 Å². The van der Waals surface area contributed by atoms with Crippen LogP contribution in [0.25, 0.3) is 0 Å². The molecule has 0 radical (unpaired) electrons. The monoisotopic (exact) mass is 363 g/mol. The van der Waals surface area contributed by atoms with Gasteiger partial charge in [0, 0.05) is 36.8 Å². The van der Waals surface area contributed by atoms with Gasteiger partial charge in [-0.05, 0) is 56.7 Å². The van der Waals surface area contributed by atoms with Gasteiger partial charge in [0.1, 0.15) is 0 Å². The van der Waals surface area contributed by atoms with Crippen LogP contribution in [0.1, 0.15) is 48.0 Å². The Bertz CT molecular complexity index is 789. The lowest BCUT2D eigenvalue weighted by molar-refractivity contribution is 0.0747. The van der Waals surface area contributed by atoms with E-state index in [1.807, 2.05) is 11.8 Å². The van der Waals surface area contributed by atoms with Crippen LogP contribution in [0.4, 0.5) is 0 Å². The number of rotatable bonds is 4. The number of amides is 1. The van der Waals surface area contributed by atoms with Gasteiger partial charge in [-0.1, -0.05) is 6.07 Å². The van der Waals surface area contributed by atoms with Crippen LogP contribution in [-0.4, -0.2) is 50.4 Å². The highest BCUT2D eigenvalue weighted by Gasteiger charge is 2.33. The minimum Gasteiger partial charge on any atom is -0.337 e. The first kappa shape index (κ1) is 17.0. The van der Waals surface area contributed by atoms with E-state index in [-0.39, 0.29) is 16.8 Å². The first-order valence-electron chi connectivity index (χ1n) is 9.11. The molecular formula is C18H25N3O3S. The van der Waals surface area contributed by atoms with Crippen molar-refractivity contribution < 1.29 is 13.2 Å². The normalized spacial score (nSPS) is 26.5. The largest absolute Gasteiger partial charge is 0.337 e. The maximum atomic E-state index is 13.0. The minimum atomic E-state index is -3.55. The molecule has 0 spiro atoms. The molecule has 1 aromatic carbocycles. The van der Waals surface area contributed by atoms with Crippen LogP contribution in [0.2, 0.25) is 0 Å². The SMILES string of the molecule is Cc1ccc(S(=O)(=O)NC2CC2)cc1C(=O)N1CCC2CCC(C1)N2. The first-order chi connectivity index (χ1) is 11.9. The number of hydrogen-bond donors (Lipinski definition) is 2. The lowest BCUT2D eigenvalue weighted by Gasteiger charge is -2.25. The maximum Gasteiger partial charge on any atom is 0.254 e. The predicted octanol–water partition coefficient (Wildman–Crippen LogP) is 1.40. The van der Waals surface area contributed by atoms with Gasteiger partial charge in [-0.3, -0.25) is 4.79 Å². The van der Waals surface area contributed by atoms with Crippen molar-refractivity contribution in [2.24, 2.45) is 0 Å². The van der Waals surface area contributed by atoms with E-state index < -0.39 is 10.0 Å². The molecule has 3 aliphatic rings. The van der Waals surface area contributed by atoms with Gasteiger partial charge in [-0.2, -0.15) is 0 Å². The number of hydrogen-bond acceptors (Lipinski definition) is 4. The van der Waals surface area contributed by atoms with Crippen molar-refractivity contribution in [2.75, 3.05) is 13.1 Å². The fraction of sp³-hybridized carbons (Fsp3) is 0.611. The van der Waals surface area contributed by atoms with Gasteiger partial charge in [0.2, 0.25) is 10.0 Å². The van der Waals surface area contributed by atoms with Crippen LogP contribution < -0.4 is 10.0 Å². The molecule has 7 heteroatoms. The Hall–Kier alpha value is -1.44. The molecule has 1 amide bonds. The highest BCUT2D eigenvalue weighted by molar-refractivity contribution is 7.89. The number of sulfonamides is 1. The van der Waals surface area contributed by atoms with Crippen molar-refractivity contribution in [3.8, 4) is 0 Å². The molecule has 1 aliphatic carbocycles. The first-order valence-corrected chi connectivity index (χ1v) is 10.6. The van der Waals surface area contributed by atoms with Crippen LogP contribution in [0.3, 0.4) is 0 Å². The molecule has 2 aliphatic heterocycles. The van der Waals surface area contributed by atoms with Crippen LogP contribution in [0.5, 0.6) is 0 Å². The number of aryl methyl sites for hydroxylation is 1. The molecule has 1 saturated carbocycles. The zero-order valence-corrected chi connectivity index (χ0v) is 15.3. The summed E-state index contributed by atoms with van der Waals surface area (Å²) in [6, 6.07) is 5.79. The number of benzene rings is 1. The summed E-state index contributed by atoms with van der Waals surface area (Å²) in [5, 5.41) is 3.57. The second-order valence-corrected chi connectivity index (χ2v) is 9.26. The molecule has 2 saturated heterocycles. The molecule has 0 aromatic heterocycles. The lowest BCUT2D eigenvalue weighted by atomic mass is 10.0. The summed E-state index contributed by atoms with van der Waals surface area (Å²) in [5.41, 5.74) is 1.31. The van der Waals surface area contributed by atoms with Gasteiger partial charge in [-0.15, -0.1) is 0 Å². The third-order valence-electron chi connectivity index (χ3n) is 5.46. The molecule has 2 bridgehead atoms. The van der Waals surface area contributed by atoms with Crippen molar-refractivity contribution in [3.63, 3.8) is 0 Å². The summed E-state index contributed by atoms with van der Waals surface area (Å²) in [6.45, 7) is 3.29. The summed E-state index contributed by atoms with van der Waals surface area (Å²) in [5.74, 6) is -0.0599. The van der Waals surface area contributed by atoms with Crippen LogP contribution in [0, 0.1) is 6.92 Å².